The second-order valence-electron chi connectivity index (χ2n) is 8.37. The first kappa shape index (κ1) is 22.6. The quantitative estimate of drug-likeness (QED) is 0.548. The van der Waals surface area contributed by atoms with Crippen molar-refractivity contribution in [2.45, 2.75) is 47.2 Å². The van der Waals surface area contributed by atoms with Crippen molar-refractivity contribution in [1.82, 2.24) is 4.57 Å². The minimum Gasteiger partial charge on any atom is -0.467 e. The number of aryl methyl sites for hydroxylation is 3. The lowest BCUT2D eigenvalue weighted by atomic mass is 10.0. The van der Waals surface area contributed by atoms with Crippen LogP contribution in [0.1, 0.15) is 45.6 Å². The van der Waals surface area contributed by atoms with E-state index in [4.69, 9.17) is 4.42 Å². The molecule has 0 bridgehead atoms. The molecule has 2 N–H and O–H groups in total. The zero-order chi connectivity index (χ0) is 22.7. The summed E-state index contributed by atoms with van der Waals surface area (Å²) in [5, 5.41) is 3.01. The van der Waals surface area contributed by atoms with Gasteiger partial charge in [0.15, 0.2) is 6.54 Å². The number of furan rings is 1. The number of aromatic nitrogens is 1. The van der Waals surface area contributed by atoms with Gasteiger partial charge in [0.1, 0.15) is 11.8 Å². The van der Waals surface area contributed by atoms with Crippen LogP contribution in [0, 0.1) is 27.7 Å². The number of rotatable bonds is 8. The molecule has 164 valence electrons. The highest BCUT2D eigenvalue weighted by Crippen LogP contribution is 2.20. The molecule has 0 saturated carbocycles. The van der Waals surface area contributed by atoms with E-state index in [1.54, 1.807) is 6.26 Å². The maximum atomic E-state index is 13.2. The molecular formula is C25H32N3O3+. The smallest absolute Gasteiger partial charge is 0.279 e. The number of carbonyl (C=O) groups is 2. The topological polar surface area (TPSA) is 68.7 Å². The van der Waals surface area contributed by atoms with E-state index in [-0.39, 0.29) is 24.3 Å². The maximum absolute atomic E-state index is 13.2. The van der Waals surface area contributed by atoms with E-state index in [0.717, 1.165) is 38.9 Å². The molecule has 2 aromatic heterocycles. The molecule has 1 aromatic carbocycles. The molecule has 0 aliphatic carbocycles. The zero-order valence-electron chi connectivity index (χ0n) is 19.2. The van der Waals surface area contributed by atoms with Crippen molar-refractivity contribution in [3.05, 3.63) is 76.5 Å². The van der Waals surface area contributed by atoms with E-state index in [2.05, 4.69) is 9.88 Å². The van der Waals surface area contributed by atoms with Crippen LogP contribution in [0.15, 0.2) is 47.1 Å². The number of carbonyl (C=O) groups excluding carboxylic acids is 2. The van der Waals surface area contributed by atoms with Crippen LogP contribution in [0.2, 0.25) is 0 Å². The molecule has 2 atom stereocenters. The number of benzene rings is 1. The Labute approximate surface area is 183 Å². The van der Waals surface area contributed by atoms with Crippen molar-refractivity contribution < 1.29 is 18.9 Å². The number of amides is 1. The van der Waals surface area contributed by atoms with E-state index < -0.39 is 0 Å². The van der Waals surface area contributed by atoms with Gasteiger partial charge < -0.3 is 19.2 Å². The second kappa shape index (κ2) is 9.35. The van der Waals surface area contributed by atoms with Gasteiger partial charge in [0, 0.05) is 22.6 Å². The highest BCUT2D eigenvalue weighted by atomic mass is 16.3. The highest BCUT2D eigenvalue weighted by molar-refractivity contribution is 6.00. The van der Waals surface area contributed by atoms with E-state index >= 15 is 0 Å². The Hall–Kier alpha value is -3.12. The fourth-order valence-corrected chi connectivity index (χ4v) is 3.91. The fraction of sp³-hybridized carbons (Fsp3) is 0.360. The predicted octanol–water partition coefficient (Wildman–Crippen LogP) is 3.09. The molecule has 0 aliphatic rings. The van der Waals surface area contributed by atoms with Gasteiger partial charge in [-0.05, 0) is 63.9 Å². The Morgan fingerprint density at radius 1 is 1.10 bits per heavy atom. The first-order chi connectivity index (χ1) is 14.7. The van der Waals surface area contributed by atoms with Crippen molar-refractivity contribution in [2.24, 2.45) is 0 Å². The summed E-state index contributed by atoms with van der Waals surface area (Å²) in [7, 11) is 1.88. The van der Waals surface area contributed by atoms with Crippen LogP contribution in [-0.2, 0) is 11.3 Å². The number of likely N-dealkylation sites (N-methyl/N-ethyl adjacent to an activating group) is 1. The normalized spacial score (nSPS) is 13.1. The van der Waals surface area contributed by atoms with Gasteiger partial charge in [-0.2, -0.15) is 0 Å². The molecule has 6 nitrogen and oxygen atoms in total. The number of nitrogens with zero attached hydrogens (tertiary/aromatic N) is 1. The van der Waals surface area contributed by atoms with Crippen molar-refractivity contribution in [2.75, 3.05) is 18.9 Å². The van der Waals surface area contributed by atoms with Crippen LogP contribution in [-0.4, -0.2) is 35.9 Å². The van der Waals surface area contributed by atoms with Crippen LogP contribution in [0.25, 0.3) is 0 Å². The summed E-state index contributed by atoms with van der Waals surface area (Å²) in [4.78, 5) is 26.7. The fourth-order valence-electron chi connectivity index (χ4n) is 3.91. The first-order valence-electron chi connectivity index (χ1n) is 10.6. The van der Waals surface area contributed by atoms with Crippen LogP contribution in [0.4, 0.5) is 5.69 Å². The van der Waals surface area contributed by atoms with Gasteiger partial charge in [-0.3, -0.25) is 9.59 Å². The average molecular weight is 423 g/mol. The molecule has 0 saturated heterocycles. The summed E-state index contributed by atoms with van der Waals surface area (Å²) in [5.74, 6) is 0.786. The average Bonchev–Trinajstić information content (AvgIpc) is 3.33. The SMILES string of the molecule is Cc1cccc(C)c1NC(=O)C[NH+](C)[C@@H](C)C(=O)c1cc(C)n(Cc2ccco2)c1C. The van der Waals surface area contributed by atoms with Crippen molar-refractivity contribution in [3.8, 4) is 0 Å². The minimum absolute atomic E-state index is 0.0381. The molecule has 31 heavy (non-hydrogen) atoms. The van der Waals surface area contributed by atoms with Gasteiger partial charge in [0.25, 0.3) is 5.91 Å². The van der Waals surface area contributed by atoms with Gasteiger partial charge in [-0.1, -0.05) is 18.2 Å². The van der Waals surface area contributed by atoms with Crippen LogP contribution >= 0.6 is 0 Å². The van der Waals surface area contributed by atoms with Crippen molar-refractivity contribution in [3.63, 3.8) is 0 Å². The van der Waals surface area contributed by atoms with Crippen molar-refractivity contribution >= 4 is 17.4 Å². The van der Waals surface area contributed by atoms with Crippen molar-refractivity contribution in [1.29, 1.82) is 0 Å². The molecule has 6 heteroatoms. The van der Waals surface area contributed by atoms with Gasteiger partial charge in [-0.25, -0.2) is 0 Å². The highest BCUT2D eigenvalue weighted by Gasteiger charge is 2.28. The second-order valence-corrected chi connectivity index (χ2v) is 8.37. The molecule has 3 rings (SSSR count). The summed E-state index contributed by atoms with van der Waals surface area (Å²) in [6.07, 6.45) is 1.65. The Balaban J connectivity index is 1.68. The first-order valence-corrected chi connectivity index (χ1v) is 10.6. The number of nitrogens with one attached hydrogen (secondary N) is 2. The Morgan fingerprint density at radius 3 is 2.39 bits per heavy atom. The summed E-state index contributed by atoms with van der Waals surface area (Å²) < 4.78 is 7.54. The molecule has 1 unspecified atom stereocenters. The summed E-state index contributed by atoms with van der Waals surface area (Å²) in [6.45, 7) is 10.6. The maximum Gasteiger partial charge on any atom is 0.279 e. The molecule has 2 heterocycles. The van der Waals surface area contributed by atoms with Gasteiger partial charge in [-0.15, -0.1) is 0 Å². The molecular weight excluding hydrogens is 390 g/mol. The summed E-state index contributed by atoms with van der Waals surface area (Å²) >= 11 is 0. The number of Topliss-reactive ketones (excluding diaryl/α,β-unsaturated/α-hetero) is 1. The lowest BCUT2D eigenvalue weighted by Crippen LogP contribution is -3.14. The predicted molar refractivity (Wildman–Crippen MR) is 122 cm³/mol. The van der Waals surface area contributed by atoms with E-state index in [9.17, 15) is 9.59 Å². The number of hydrogen-bond donors (Lipinski definition) is 2. The number of quaternary nitrogens is 1. The number of ketones is 1. The molecule has 0 spiro atoms. The van der Waals surface area contributed by atoms with Crippen LogP contribution in [0.3, 0.4) is 0 Å². The van der Waals surface area contributed by atoms with E-state index in [1.807, 2.05) is 78.1 Å². The van der Waals surface area contributed by atoms with Crippen LogP contribution < -0.4 is 10.2 Å². The molecule has 0 radical (unpaired) electrons. The van der Waals surface area contributed by atoms with Crippen LogP contribution in [0.5, 0.6) is 0 Å². The zero-order valence-corrected chi connectivity index (χ0v) is 19.2. The summed E-state index contributed by atoms with van der Waals surface area (Å²) in [5.41, 5.74) is 5.53. The Morgan fingerprint density at radius 2 is 1.77 bits per heavy atom. The molecule has 0 aliphatic heterocycles. The summed E-state index contributed by atoms with van der Waals surface area (Å²) in [6, 6.07) is 11.3. The van der Waals surface area contributed by atoms with E-state index in [1.165, 1.54) is 0 Å². The third kappa shape index (κ3) is 4.97. The third-order valence-electron chi connectivity index (χ3n) is 6.05. The monoisotopic (exact) mass is 422 g/mol. The lowest BCUT2D eigenvalue weighted by molar-refractivity contribution is -0.885. The third-order valence-corrected chi connectivity index (χ3v) is 6.05. The molecule has 1 amide bonds. The molecule has 0 fully saturated rings. The molecule has 3 aromatic rings. The van der Waals surface area contributed by atoms with Gasteiger partial charge >= 0.3 is 0 Å². The minimum atomic E-state index is -0.346. The number of hydrogen-bond acceptors (Lipinski definition) is 3. The lowest BCUT2D eigenvalue weighted by Gasteiger charge is -2.21. The Bertz CT molecular complexity index is 1060. The number of anilines is 1. The van der Waals surface area contributed by atoms with E-state index in [0.29, 0.717) is 12.1 Å². The standard InChI is InChI=1S/C25H31N3O3/c1-16-9-7-10-17(2)24(16)26-23(29)15-27(6)20(5)25(30)22-13-18(3)28(19(22)4)14-21-11-8-12-31-21/h7-13,20H,14-15H2,1-6H3,(H,26,29)/p+1/t20-/m0/s1. The van der Waals surface area contributed by atoms with Gasteiger partial charge in [0.05, 0.1) is 19.9 Å². The number of para-hydroxylation sites is 1. The largest absolute Gasteiger partial charge is 0.467 e. The Kier molecular flexibility index (Phi) is 6.81. The van der Waals surface area contributed by atoms with Gasteiger partial charge in [0.2, 0.25) is 5.78 Å².